The van der Waals surface area contributed by atoms with Crippen LogP contribution in [0.25, 0.3) is 0 Å². The maximum absolute atomic E-state index is 12.2. The minimum absolute atomic E-state index is 0.338. The number of anilines is 1. The molecule has 0 heterocycles. The molecule has 7 heteroatoms. The molecule has 0 aliphatic carbocycles. The van der Waals surface area contributed by atoms with Crippen LogP contribution in [0.15, 0.2) is 48.5 Å². The van der Waals surface area contributed by atoms with E-state index in [1.165, 1.54) is 6.92 Å². The highest BCUT2D eigenvalue weighted by Gasteiger charge is 2.19. The molecule has 0 aromatic heterocycles. The third-order valence-corrected chi connectivity index (χ3v) is 4.36. The number of hydrogen-bond acceptors (Lipinski definition) is 5. The van der Waals surface area contributed by atoms with Gasteiger partial charge in [0.05, 0.1) is 6.61 Å². The normalized spacial score (nSPS) is 11.3. The molecule has 2 rings (SSSR count). The van der Waals surface area contributed by atoms with E-state index in [0.29, 0.717) is 23.6 Å². The van der Waals surface area contributed by atoms with Crippen LogP contribution >= 0.6 is 0 Å². The second kappa shape index (κ2) is 11.6. The monoisotopic (exact) mass is 412 g/mol. The highest BCUT2D eigenvalue weighted by Crippen LogP contribution is 2.14. The van der Waals surface area contributed by atoms with Gasteiger partial charge in [-0.15, -0.1) is 0 Å². The van der Waals surface area contributed by atoms with Crippen LogP contribution in [0.4, 0.5) is 5.69 Å². The first-order chi connectivity index (χ1) is 14.4. The zero-order valence-corrected chi connectivity index (χ0v) is 17.6. The highest BCUT2D eigenvalue weighted by molar-refractivity contribution is 5.97. The van der Waals surface area contributed by atoms with Gasteiger partial charge in [-0.05, 0) is 56.2 Å². The van der Waals surface area contributed by atoms with E-state index in [0.717, 1.165) is 18.4 Å². The van der Waals surface area contributed by atoms with E-state index < -0.39 is 23.9 Å². The number of esters is 1. The fraction of sp³-hybridized carbons (Fsp3) is 0.348. The van der Waals surface area contributed by atoms with Gasteiger partial charge in [0.15, 0.2) is 6.10 Å². The highest BCUT2D eigenvalue weighted by atomic mass is 16.5. The Kier molecular flexibility index (Phi) is 8.87. The molecule has 30 heavy (non-hydrogen) atoms. The molecule has 0 aliphatic heterocycles. The van der Waals surface area contributed by atoms with E-state index in [1.807, 2.05) is 19.1 Å². The van der Waals surface area contributed by atoms with Crippen LogP contribution in [0, 0.1) is 6.92 Å². The van der Waals surface area contributed by atoms with Crippen molar-refractivity contribution < 1.29 is 23.9 Å². The number of ether oxygens (including phenoxy) is 2. The predicted octanol–water partition coefficient (Wildman–Crippen LogP) is 3.47. The fourth-order valence-electron chi connectivity index (χ4n) is 2.53. The number of carbonyl (C=O) groups excluding carboxylic acids is 3. The lowest BCUT2D eigenvalue weighted by Gasteiger charge is -2.15. The Morgan fingerprint density at radius 1 is 1.03 bits per heavy atom. The van der Waals surface area contributed by atoms with Gasteiger partial charge in [0.2, 0.25) is 0 Å². The summed E-state index contributed by atoms with van der Waals surface area (Å²) < 4.78 is 10.7. The van der Waals surface area contributed by atoms with Crippen molar-refractivity contribution in [3.63, 3.8) is 0 Å². The smallest absolute Gasteiger partial charge is 0.326 e. The largest absolute Gasteiger partial charge is 0.494 e. The quantitative estimate of drug-likeness (QED) is 0.460. The molecule has 0 aliphatic rings. The molecule has 160 valence electrons. The number of unbranched alkanes of at least 4 members (excludes halogenated alkanes) is 1. The van der Waals surface area contributed by atoms with Crippen molar-refractivity contribution in [3.8, 4) is 5.75 Å². The molecule has 2 aromatic rings. The Morgan fingerprint density at radius 3 is 2.40 bits per heavy atom. The van der Waals surface area contributed by atoms with E-state index in [4.69, 9.17) is 9.47 Å². The van der Waals surface area contributed by atoms with Gasteiger partial charge < -0.3 is 20.1 Å². The number of benzene rings is 2. The summed E-state index contributed by atoms with van der Waals surface area (Å²) in [5, 5.41) is 5.20. The van der Waals surface area contributed by atoms with Gasteiger partial charge in [-0.25, -0.2) is 0 Å². The van der Waals surface area contributed by atoms with Gasteiger partial charge in [0, 0.05) is 11.3 Å². The molecular weight excluding hydrogens is 384 g/mol. The van der Waals surface area contributed by atoms with Crippen LogP contribution in [0.3, 0.4) is 0 Å². The summed E-state index contributed by atoms with van der Waals surface area (Å²) in [6.45, 7) is 5.72. The number of amides is 2. The third kappa shape index (κ3) is 7.24. The minimum Gasteiger partial charge on any atom is -0.494 e. The van der Waals surface area contributed by atoms with Gasteiger partial charge in [0.25, 0.3) is 11.8 Å². The first kappa shape index (κ1) is 22.9. The number of rotatable bonds is 10. The number of carbonyl (C=O) groups is 3. The summed E-state index contributed by atoms with van der Waals surface area (Å²) in [4.78, 5) is 36.4. The fourth-order valence-corrected chi connectivity index (χ4v) is 2.53. The van der Waals surface area contributed by atoms with Crippen molar-refractivity contribution in [2.75, 3.05) is 18.5 Å². The molecule has 0 saturated carbocycles. The molecule has 0 bridgehead atoms. The van der Waals surface area contributed by atoms with E-state index >= 15 is 0 Å². The summed E-state index contributed by atoms with van der Waals surface area (Å²) in [6.07, 6.45) is 1.02. The summed E-state index contributed by atoms with van der Waals surface area (Å²) in [5.41, 5.74) is 1.95. The maximum atomic E-state index is 12.2. The minimum atomic E-state index is -0.992. The molecule has 2 N–H and O–H groups in total. The van der Waals surface area contributed by atoms with E-state index in [-0.39, 0.29) is 6.54 Å². The van der Waals surface area contributed by atoms with Crippen molar-refractivity contribution in [3.05, 3.63) is 59.7 Å². The zero-order chi connectivity index (χ0) is 21.9. The molecule has 2 amide bonds. The van der Waals surface area contributed by atoms with E-state index in [2.05, 4.69) is 17.6 Å². The molecule has 0 spiro atoms. The van der Waals surface area contributed by atoms with Crippen molar-refractivity contribution >= 4 is 23.5 Å². The van der Waals surface area contributed by atoms with Crippen LogP contribution in [0.1, 0.15) is 42.6 Å². The van der Waals surface area contributed by atoms with Gasteiger partial charge in [-0.1, -0.05) is 31.5 Å². The SMILES string of the molecule is CCCCOc1ccc(C(=O)NCC(=O)OC(C)C(=O)Nc2ccccc2C)cc1. The van der Waals surface area contributed by atoms with Crippen molar-refractivity contribution in [2.24, 2.45) is 0 Å². The van der Waals surface area contributed by atoms with Crippen LogP contribution < -0.4 is 15.4 Å². The Bertz CT molecular complexity index is 864. The Labute approximate surface area is 176 Å². The second-order valence-electron chi connectivity index (χ2n) is 6.85. The van der Waals surface area contributed by atoms with Crippen molar-refractivity contribution in [1.82, 2.24) is 5.32 Å². The molecule has 0 radical (unpaired) electrons. The molecule has 1 atom stereocenters. The van der Waals surface area contributed by atoms with Crippen LogP contribution in [0.2, 0.25) is 0 Å². The lowest BCUT2D eigenvalue weighted by Crippen LogP contribution is -2.35. The molecule has 1 unspecified atom stereocenters. The van der Waals surface area contributed by atoms with Crippen LogP contribution in [-0.2, 0) is 14.3 Å². The summed E-state index contributed by atoms with van der Waals surface area (Å²) in [7, 11) is 0. The van der Waals surface area contributed by atoms with Gasteiger partial charge in [0.1, 0.15) is 12.3 Å². The van der Waals surface area contributed by atoms with Crippen LogP contribution in [-0.4, -0.2) is 37.0 Å². The lowest BCUT2D eigenvalue weighted by molar-refractivity contribution is -0.152. The van der Waals surface area contributed by atoms with E-state index in [9.17, 15) is 14.4 Å². The Morgan fingerprint density at radius 2 is 1.73 bits per heavy atom. The van der Waals surface area contributed by atoms with Gasteiger partial charge in [-0.2, -0.15) is 0 Å². The first-order valence-electron chi connectivity index (χ1n) is 9.97. The molecule has 0 saturated heterocycles. The lowest BCUT2D eigenvalue weighted by atomic mass is 10.2. The first-order valence-corrected chi connectivity index (χ1v) is 9.97. The average Bonchev–Trinajstić information content (AvgIpc) is 2.74. The molecule has 7 nitrogen and oxygen atoms in total. The van der Waals surface area contributed by atoms with Gasteiger partial charge in [-0.3, -0.25) is 14.4 Å². The Balaban J connectivity index is 1.77. The maximum Gasteiger partial charge on any atom is 0.326 e. The second-order valence-corrected chi connectivity index (χ2v) is 6.85. The predicted molar refractivity (Wildman–Crippen MR) is 115 cm³/mol. The summed E-state index contributed by atoms with van der Waals surface area (Å²) in [5.74, 6) is -0.866. The standard InChI is InChI=1S/C23H28N2O5/c1-4-5-14-29-19-12-10-18(11-13-19)23(28)24-15-21(26)30-17(3)22(27)25-20-9-7-6-8-16(20)2/h6-13,17H,4-5,14-15H2,1-3H3,(H,24,28)(H,25,27). The average molecular weight is 412 g/mol. The molecular formula is C23H28N2O5. The molecule has 2 aromatic carbocycles. The van der Waals surface area contributed by atoms with E-state index in [1.54, 1.807) is 36.4 Å². The number of nitrogens with one attached hydrogen (secondary N) is 2. The summed E-state index contributed by atoms with van der Waals surface area (Å²) in [6, 6.07) is 14.0. The van der Waals surface area contributed by atoms with Crippen LogP contribution in [0.5, 0.6) is 5.75 Å². The number of hydrogen-bond donors (Lipinski definition) is 2. The van der Waals surface area contributed by atoms with Crippen molar-refractivity contribution in [1.29, 1.82) is 0 Å². The zero-order valence-electron chi connectivity index (χ0n) is 17.6. The number of para-hydroxylation sites is 1. The van der Waals surface area contributed by atoms with Gasteiger partial charge >= 0.3 is 5.97 Å². The summed E-state index contributed by atoms with van der Waals surface area (Å²) >= 11 is 0. The van der Waals surface area contributed by atoms with Crippen molar-refractivity contribution in [2.45, 2.75) is 39.7 Å². The topological polar surface area (TPSA) is 93.7 Å². The number of aryl methyl sites for hydroxylation is 1. The third-order valence-electron chi connectivity index (χ3n) is 4.36. The Hall–Kier alpha value is -3.35. The molecule has 0 fully saturated rings.